The van der Waals surface area contributed by atoms with Crippen LogP contribution in [0.2, 0.25) is 0 Å². The molecule has 3 heterocycles. The zero-order chi connectivity index (χ0) is 22.5. The van der Waals surface area contributed by atoms with Gasteiger partial charge in [-0.1, -0.05) is 12.1 Å². The molecule has 4 aromatic rings. The first kappa shape index (κ1) is 19.9. The van der Waals surface area contributed by atoms with Crippen LogP contribution < -0.4 is 5.69 Å². The number of fused-ring (bicyclic) bond motifs is 1. The first-order valence-corrected chi connectivity index (χ1v) is 11.3. The number of H-pyrrole nitrogens is 2. The van der Waals surface area contributed by atoms with E-state index < -0.39 is 11.5 Å². The molecule has 1 aliphatic carbocycles. The number of halogens is 1. The third-order valence-electron chi connectivity index (χ3n) is 6.70. The van der Waals surface area contributed by atoms with Crippen molar-refractivity contribution in [2.24, 2.45) is 11.8 Å². The minimum absolute atomic E-state index is 0.167. The van der Waals surface area contributed by atoms with Crippen LogP contribution >= 0.6 is 0 Å². The lowest BCUT2D eigenvalue weighted by atomic mass is 10.0. The largest absolute Gasteiger partial charge is 0.348 e. The van der Waals surface area contributed by atoms with Crippen molar-refractivity contribution in [3.63, 3.8) is 0 Å². The van der Waals surface area contributed by atoms with Crippen LogP contribution in [0.5, 0.6) is 0 Å². The van der Waals surface area contributed by atoms with Crippen molar-refractivity contribution in [3.05, 3.63) is 64.7 Å². The number of rotatable bonds is 5. The van der Waals surface area contributed by atoms with Gasteiger partial charge in [-0.25, -0.2) is 18.9 Å². The summed E-state index contributed by atoms with van der Waals surface area (Å²) < 4.78 is 16.5. The predicted octanol–water partition coefficient (Wildman–Crippen LogP) is 3.04. The summed E-state index contributed by atoms with van der Waals surface area (Å²) in [6, 6.07) is 10.6. The molecule has 6 rings (SSSR count). The summed E-state index contributed by atoms with van der Waals surface area (Å²) in [4.78, 5) is 26.8. The number of likely N-dealkylation sites (tertiary alicyclic amines) is 1. The first-order valence-electron chi connectivity index (χ1n) is 11.3. The molecule has 1 aliphatic heterocycles. The van der Waals surface area contributed by atoms with E-state index in [1.807, 2.05) is 23.1 Å². The first-order chi connectivity index (χ1) is 16.1. The van der Waals surface area contributed by atoms with Crippen LogP contribution in [0.3, 0.4) is 0 Å². The molecule has 1 amide bonds. The lowest BCUT2D eigenvalue weighted by Crippen LogP contribution is -2.30. The maximum Gasteiger partial charge on any atom is 0.348 e. The molecule has 2 N–H and O–H groups in total. The van der Waals surface area contributed by atoms with Gasteiger partial charge >= 0.3 is 5.69 Å². The Balaban J connectivity index is 1.26. The van der Waals surface area contributed by atoms with Gasteiger partial charge in [0.05, 0.1) is 17.4 Å². The van der Waals surface area contributed by atoms with Crippen molar-refractivity contribution < 1.29 is 9.18 Å². The van der Waals surface area contributed by atoms with Crippen molar-refractivity contribution in [1.29, 1.82) is 0 Å². The summed E-state index contributed by atoms with van der Waals surface area (Å²) >= 11 is 0. The topological polar surface area (TPSA) is 99.7 Å². The molecule has 1 saturated heterocycles. The van der Waals surface area contributed by atoms with Crippen LogP contribution in [0.4, 0.5) is 4.39 Å². The maximum atomic E-state index is 15.2. The van der Waals surface area contributed by atoms with E-state index in [0.29, 0.717) is 24.4 Å². The van der Waals surface area contributed by atoms with E-state index in [0.717, 1.165) is 42.3 Å². The molecule has 1 atom stereocenters. The fourth-order valence-corrected chi connectivity index (χ4v) is 4.75. The highest BCUT2D eigenvalue weighted by molar-refractivity contribution is 5.84. The highest BCUT2D eigenvalue weighted by Crippen LogP contribution is 2.33. The van der Waals surface area contributed by atoms with Crippen LogP contribution in [0.15, 0.2) is 47.4 Å². The molecule has 2 aliphatic rings. The molecule has 1 unspecified atom stereocenters. The minimum atomic E-state index is -0.499. The average molecular weight is 446 g/mol. The number of carbonyl (C=O) groups is 1. The van der Waals surface area contributed by atoms with Gasteiger partial charge in [0.1, 0.15) is 11.6 Å². The normalized spacial score (nSPS) is 18.3. The molecule has 2 aromatic heterocycles. The Morgan fingerprint density at radius 2 is 1.91 bits per heavy atom. The Labute approximate surface area is 188 Å². The van der Waals surface area contributed by atoms with Gasteiger partial charge in [-0.3, -0.25) is 9.89 Å². The maximum absolute atomic E-state index is 15.2. The number of nitrogens with zero attached hydrogens (tertiary/aromatic N) is 4. The highest BCUT2D eigenvalue weighted by Gasteiger charge is 2.37. The van der Waals surface area contributed by atoms with Gasteiger partial charge in [-0.05, 0) is 60.6 Å². The molecule has 2 aromatic carbocycles. The number of hydrogen-bond donors (Lipinski definition) is 2. The molecule has 8 nitrogen and oxygen atoms in total. The van der Waals surface area contributed by atoms with Crippen LogP contribution in [0, 0.1) is 17.7 Å². The number of amides is 1. The summed E-state index contributed by atoms with van der Waals surface area (Å²) in [5.74, 6) is 0.630. The molecular formula is C24H23FN6O2. The number of nitrogens with one attached hydrogen (secondary N) is 2. The summed E-state index contributed by atoms with van der Waals surface area (Å²) in [6.45, 7) is 1.40. The number of carbonyl (C=O) groups excluding carboxylic acids is 1. The lowest BCUT2D eigenvalue weighted by molar-refractivity contribution is -0.131. The Bertz CT molecular complexity index is 1420. The van der Waals surface area contributed by atoms with Crippen LogP contribution in [0.1, 0.15) is 25.1 Å². The van der Waals surface area contributed by atoms with E-state index in [-0.39, 0.29) is 23.4 Å². The molecule has 0 spiro atoms. The van der Waals surface area contributed by atoms with Gasteiger partial charge in [-0.2, -0.15) is 10.2 Å². The number of benzene rings is 2. The van der Waals surface area contributed by atoms with Gasteiger partial charge in [0, 0.05) is 30.8 Å². The highest BCUT2D eigenvalue weighted by atomic mass is 19.1. The van der Waals surface area contributed by atoms with Crippen molar-refractivity contribution in [2.45, 2.75) is 25.7 Å². The van der Waals surface area contributed by atoms with Gasteiger partial charge in [0.25, 0.3) is 0 Å². The van der Waals surface area contributed by atoms with E-state index in [1.165, 1.54) is 10.6 Å². The van der Waals surface area contributed by atoms with Gasteiger partial charge in [0.15, 0.2) is 0 Å². The monoisotopic (exact) mass is 446 g/mol. The van der Waals surface area contributed by atoms with Gasteiger partial charge in [-0.15, -0.1) is 0 Å². The molecular weight excluding hydrogens is 423 g/mol. The standard InChI is InChI=1S/C24H23FN6O2/c25-19-11-17(16-3-5-20-18(10-16)12-26-27-20)4-6-21(19)31-22(28-29-24(31)33)9-14-7-8-30(13-14)23(32)15-1-2-15/h3-6,10-12,14-15H,1-2,7-9,13H2,(H,26,27)(H,29,33). The molecule has 33 heavy (non-hydrogen) atoms. The fraction of sp³-hybridized carbons (Fsp3) is 0.333. The third-order valence-corrected chi connectivity index (χ3v) is 6.70. The zero-order valence-corrected chi connectivity index (χ0v) is 17.9. The van der Waals surface area contributed by atoms with Crippen molar-refractivity contribution >= 4 is 16.8 Å². The Hall–Kier alpha value is -3.75. The molecule has 168 valence electrons. The summed E-state index contributed by atoms with van der Waals surface area (Å²) in [5.41, 5.74) is 2.18. The van der Waals surface area contributed by atoms with Gasteiger partial charge < -0.3 is 4.90 Å². The molecule has 1 saturated carbocycles. The SMILES string of the molecule is O=C(C1CC1)N1CCC(Cc2n[nH]c(=O)n2-c2ccc(-c3ccc4[nH]ncc4c3)cc2F)C1. The summed E-state index contributed by atoms with van der Waals surface area (Å²) in [5, 5.41) is 14.5. The molecule has 9 heteroatoms. The molecule has 0 radical (unpaired) electrons. The number of aromatic nitrogens is 5. The fourth-order valence-electron chi connectivity index (χ4n) is 4.75. The quantitative estimate of drug-likeness (QED) is 0.492. The third kappa shape index (κ3) is 3.63. The minimum Gasteiger partial charge on any atom is -0.342 e. The molecule has 0 bridgehead atoms. The van der Waals surface area contributed by atoms with Crippen molar-refractivity contribution in [1.82, 2.24) is 29.9 Å². The van der Waals surface area contributed by atoms with Gasteiger partial charge in [0.2, 0.25) is 5.91 Å². The van der Waals surface area contributed by atoms with E-state index >= 15 is 4.39 Å². The predicted molar refractivity (Wildman–Crippen MR) is 120 cm³/mol. The number of hydrogen-bond acceptors (Lipinski definition) is 4. The number of aromatic amines is 2. The zero-order valence-electron chi connectivity index (χ0n) is 17.9. The Morgan fingerprint density at radius 1 is 1.09 bits per heavy atom. The van der Waals surface area contributed by atoms with Crippen molar-refractivity contribution in [2.75, 3.05) is 13.1 Å². The van der Waals surface area contributed by atoms with E-state index in [1.54, 1.807) is 18.3 Å². The second-order valence-electron chi connectivity index (χ2n) is 9.04. The summed E-state index contributed by atoms with van der Waals surface area (Å²) in [6.07, 6.45) is 5.07. The van der Waals surface area contributed by atoms with Crippen LogP contribution in [-0.4, -0.2) is 48.9 Å². The van der Waals surface area contributed by atoms with E-state index in [2.05, 4.69) is 20.4 Å². The second-order valence-corrected chi connectivity index (χ2v) is 9.04. The van der Waals surface area contributed by atoms with Crippen LogP contribution in [-0.2, 0) is 11.2 Å². The Morgan fingerprint density at radius 3 is 2.73 bits per heavy atom. The smallest absolute Gasteiger partial charge is 0.342 e. The Kier molecular flexibility index (Phi) is 4.63. The van der Waals surface area contributed by atoms with Crippen molar-refractivity contribution in [3.8, 4) is 16.8 Å². The van der Waals surface area contributed by atoms with Crippen LogP contribution in [0.25, 0.3) is 27.7 Å². The second kappa shape index (κ2) is 7.68. The lowest BCUT2D eigenvalue weighted by Gasteiger charge is -2.16. The van der Waals surface area contributed by atoms with E-state index in [4.69, 9.17) is 0 Å². The average Bonchev–Trinajstić information content (AvgIpc) is 3.21. The van der Waals surface area contributed by atoms with E-state index in [9.17, 15) is 9.59 Å². The summed E-state index contributed by atoms with van der Waals surface area (Å²) in [7, 11) is 0. The molecule has 2 fully saturated rings.